The first-order valence-corrected chi connectivity index (χ1v) is 6.96. The van der Waals surface area contributed by atoms with Crippen LogP contribution in [-0.4, -0.2) is 39.2 Å². The number of hydrogen-bond acceptors (Lipinski definition) is 5. The van der Waals surface area contributed by atoms with Crippen molar-refractivity contribution in [1.29, 1.82) is 0 Å². The van der Waals surface area contributed by atoms with E-state index in [9.17, 15) is 0 Å². The number of rotatable bonds is 7. The van der Waals surface area contributed by atoms with Crippen LogP contribution in [0.25, 0.3) is 0 Å². The zero-order valence-electron chi connectivity index (χ0n) is 12.7. The second-order valence-electron chi connectivity index (χ2n) is 4.05. The van der Waals surface area contributed by atoms with Crippen molar-refractivity contribution < 1.29 is 14.2 Å². The maximum Gasteiger partial charge on any atom is 0.203 e. The lowest BCUT2D eigenvalue weighted by Crippen LogP contribution is -2.28. The van der Waals surface area contributed by atoms with E-state index in [0.29, 0.717) is 29.0 Å². The topological polar surface area (TPSA) is 64.1 Å². The molecule has 0 spiro atoms. The molecule has 1 aromatic carbocycles. The van der Waals surface area contributed by atoms with E-state index >= 15 is 0 Å². The van der Waals surface area contributed by atoms with Gasteiger partial charge in [-0.15, -0.1) is 0 Å². The highest BCUT2D eigenvalue weighted by Gasteiger charge is 2.13. The van der Waals surface area contributed by atoms with E-state index < -0.39 is 0 Å². The van der Waals surface area contributed by atoms with E-state index in [-0.39, 0.29) is 0 Å². The molecule has 1 rings (SSSR count). The molecule has 6 nitrogen and oxygen atoms in total. The fraction of sp³-hybridized carbons (Fsp3) is 0.429. The Morgan fingerprint density at radius 3 is 2.38 bits per heavy atom. The molecule has 0 saturated carbocycles. The number of methoxy groups -OCH3 is 2. The first-order chi connectivity index (χ1) is 10.2. The summed E-state index contributed by atoms with van der Waals surface area (Å²) in [6.07, 6.45) is 2.53. The van der Waals surface area contributed by atoms with Crippen molar-refractivity contribution in [2.45, 2.75) is 13.3 Å². The van der Waals surface area contributed by atoms with E-state index in [1.54, 1.807) is 27.5 Å². The highest BCUT2D eigenvalue weighted by atomic mass is 32.1. The van der Waals surface area contributed by atoms with E-state index in [1.165, 1.54) is 0 Å². The van der Waals surface area contributed by atoms with Crippen molar-refractivity contribution in [3.8, 4) is 17.2 Å². The van der Waals surface area contributed by atoms with Gasteiger partial charge in [-0.25, -0.2) is 0 Å². The van der Waals surface area contributed by atoms with Crippen LogP contribution in [0.3, 0.4) is 0 Å². The normalized spacial score (nSPS) is 10.3. The average Bonchev–Trinajstić information content (AvgIpc) is 2.52. The van der Waals surface area contributed by atoms with Crippen LogP contribution in [0.15, 0.2) is 17.2 Å². The summed E-state index contributed by atoms with van der Waals surface area (Å²) in [4.78, 5) is 0. The second kappa shape index (κ2) is 9.02. The quantitative estimate of drug-likeness (QED) is 0.456. The molecule has 0 saturated heterocycles. The predicted octanol–water partition coefficient (Wildman–Crippen LogP) is 1.92. The predicted molar refractivity (Wildman–Crippen MR) is 87.7 cm³/mol. The van der Waals surface area contributed by atoms with Crippen LogP contribution in [-0.2, 0) is 0 Å². The van der Waals surface area contributed by atoms with Crippen molar-refractivity contribution in [2.24, 2.45) is 5.10 Å². The van der Waals surface area contributed by atoms with Gasteiger partial charge in [0.25, 0.3) is 0 Å². The largest absolute Gasteiger partial charge is 0.493 e. The van der Waals surface area contributed by atoms with Gasteiger partial charge in [0, 0.05) is 12.6 Å². The third kappa shape index (κ3) is 5.11. The summed E-state index contributed by atoms with van der Waals surface area (Å²) in [6, 6.07) is 3.64. The molecule has 21 heavy (non-hydrogen) atoms. The van der Waals surface area contributed by atoms with E-state index in [4.69, 9.17) is 26.4 Å². The van der Waals surface area contributed by atoms with E-state index in [0.717, 1.165) is 12.0 Å². The number of hydrogen-bond donors (Lipinski definition) is 2. The SMILES string of the molecule is CCCOc1c(OC)cc(/C=N/NC(=S)NC)cc1OC. The number of hydrazone groups is 1. The van der Waals surface area contributed by atoms with Crippen LogP contribution < -0.4 is 25.0 Å². The minimum atomic E-state index is 0.438. The molecule has 0 heterocycles. The van der Waals surface area contributed by atoms with Crippen LogP contribution in [0.5, 0.6) is 17.2 Å². The molecule has 0 bridgehead atoms. The molecule has 0 aliphatic carbocycles. The molecule has 0 radical (unpaired) electrons. The smallest absolute Gasteiger partial charge is 0.203 e. The van der Waals surface area contributed by atoms with Gasteiger partial charge in [-0.3, -0.25) is 5.43 Å². The summed E-state index contributed by atoms with van der Waals surface area (Å²) in [5.41, 5.74) is 3.49. The molecule has 1 aromatic rings. The molecular weight excluding hydrogens is 290 g/mol. The Balaban J connectivity index is 2.99. The average molecular weight is 311 g/mol. The molecule has 0 atom stereocenters. The van der Waals surface area contributed by atoms with Crippen LogP contribution in [0.1, 0.15) is 18.9 Å². The Kier molecular flexibility index (Phi) is 7.31. The number of ether oxygens (including phenoxy) is 3. The lowest BCUT2D eigenvalue weighted by molar-refractivity contribution is 0.275. The lowest BCUT2D eigenvalue weighted by Gasteiger charge is -2.14. The Morgan fingerprint density at radius 2 is 1.90 bits per heavy atom. The summed E-state index contributed by atoms with van der Waals surface area (Å²) in [7, 11) is 4.89. The molecule has 0 amide bonds. The minimum Gasteiger partial charge on any atom is -0.493 e. The van der Waals surface area contributed by atoms with Gasteiger partial charge in [-0.1, -0.05) is 6.92 Å². The number of nitrogens with zero attached hydrogens (tertiary/aromatic N) is 1. The van der Waals surface area contributed by atoms with Crippen LogP contribution >= 0.6 is 12.2 Å². The molecule has 0 aliphatic rings. The van der Waals surface area contributed by atoms with Gasteiger partial charge in [0.15, 0.2) is 16.6 Å². The molecule has 2 N–H and O–H groups in total. The maximum absolute atomic E-state index is 5.67. The maximum atomic E-state index is 5.67. The third-order valence-electron chi connectivity index (χ3n) is 2.54. The molecule has 0 aliphatic heterocycles. The van der Waals surface area contributed by atoms with Crippen LogP contribution in [0.4, 0.5) is 0 Å². The number of benzene rings is 1. The van der Waals surface area contributed by atoms with Crippen LogP contribution in [0.2, 0.25) is 0 Å². The molecule has 7 heteroatoms. The van der Waals surface area contributed by atoms with E-state index in [2.05, 4.69) is 15.8 Å². The van der Waals surface area contributed by atoms with Crippen molar-refractivity contribution in [1.82, 2.24) is 10.7 Å². The Hall–Kier alpha value is -2.02. The van der Waals surface area contributed by atoms with Gasteiger partial charge in [-0.2, -0.15) is 5.10 Å². The second-order valence-corrected chi connectivity index (χ2v) is 4.46. The highest BCUT2D eigenvalue weighted by Crippen LogP contribution is 2.38. The van der Waals surface area contributed by atoms with Crippen LogP contribution in [0, 0.1) is 0 Å². The Bertz CT molecular complexity index is 481. The van der Waals surface area contributed by atoms with Gasteiger partial charge in [0.1, 0.15) is 0 Å². The zero-order valence-corrected chi connectivity index (χ0v) is 13.5. The fourth-order valence-corrected chi connectivity index (χ4v) is 1.60. The first-order valence-electron chi connectivity index (χ1n) is 6.55. The minimum absolute atomic E-state index is 0.438. The lowest BCUT2D eigenvalue weighted by atomic mass is 10.2. The van der Waals surface area contributed by atoms with Crippen molar-refractivity contribution >= 4 is 23.5 Å². The summed E-state index contributed by atoms with van der Waals surface area (Å²) < 4.78 is 16.4. The monoisotopic (exact) mass is 311 g/mol. The van der Waals surface area contributed by atoms with E-state index in [1.807, 2.05) is 19.1 Å². The molecule has 116 valence electrons. The van der Waals surface area contributed by atoms with Gasteiger partial charge in [0.05, 0.1) is 27.0 Å². The van der Waals surface area contributed by atoms with Gasteiger partial charge in [0.2, 0.25) is 5.75 Å². The molecule has 0 aromatic heterocycles. The first kappa shape index (κ1) is 17.0. The summed E-state index contributed by atoms with van der Waals surface area (Å²) in [5.74, 6) is 1.79. The fourth-order valence-electron chi connectivity index (χ4n) is 1.54. The zero-order chi connectivity index (χ0) is 15.7. The summed E-state index contributed by atoms with van der Waals surface area (Å²) in [5, 5.41) is 7.23. The summed E-state index contributed by atoms with van der Waals surface area (Å²) >= 11 is 4.93. The molecular formula is C14H21N3O3S. The standard InChI is InChI=1S/C14H21N3O3S/c1-5-6-20-13-11(18-3)7-10(8-12(13)19-4)9-16-17-14(21)15-2/h7-9H,5-6H2,1-4H3,(H2,15,17,21)/b16-9+. The van der Waals surface area contributed by atoms with Gasteiger partial charge in [-0.05, 0) is 30.8 Å². The number of nitrogens with one attached hydrogen (secondary N) is 2. The Morgan fingerprint density at radius 1 is 1.29 bits per heavy atom. The third-order valence-corrected chi connectivity index (χ3v) is 2.84. The van der Waals surface area contributed by atoms with Crippen molar-refractivity contribution in [3.05, 3.63) is 17.7 Å². The van der Waals surface area contributed by atoms with Gasteiger partial charge < -0.3 is 19.5 Å². The number of thiocarbonyl (C=S) groups is 1. The Labute approximate surface area is 130 Å². The van der Waals surface area contributed by atoms with Crippen molar-refractivity contribution in [3.63, 3.8) is 0 Å². The molecule has 0 fully saturated rings. The highest BCUT2D eigenvalue weighted by molar-refractivity contribution is 7.80. The molecule has 0 unspecified atom stereocenters. The van der Waals surface area contributed by atoms with Crippen molar-refractivity contribution in [2.75, 3.05) is 27.9 Å². The summed E-state index contributed by atoms with van der Waals surface area (Å²) in [6.45, 7) is 2.63. The van der Waals surface area contributed by atoms with Gasteiger partial charge >= 0.3 is 0 Å².